The number of hydrogen-bond acceptors (Lipinski definition) is 3. The number of rotatable bonds is 5. The molecule has 0 spiro atoms. The van der Waals surface area contributed by atoms with Crippen molar-refractivity contribution in [1.29, 1.82) is 0 Å². The van der Waals surface area contributed by atoms with Crippen LogP contribution in [0.3, 0.4) is 0 Å². The quantitative estimate of drug-likeness (QED) is 0.854. The number of halogens is 3. The Hall–Kier alpha value is -0.750. The van der Waals surface area contributed by atoms with E-state index in [9.17, 15) is 5.11 Å². The number of hydrogen-bond donors (Lipinski definition) is 2. The van der Waals surface area contributed by atoms with Crippen LogP contribution < -0.4 is 5.32 Å². The van der Waals surface area contributed by atoms with Crippen LogP contribution in [-0.2, 0) is 6.54 Å². The summed E-state index contributed by atoms with van der Waals surface area (Å²) in [5.41, 5.74) is 0.617. The van der Waals surface area contributed by atoms with Gasteiger partial charge in [0, 0.05) is 23.4 Å². The summed E-state index contributed by atoms with van der Waals surface area (Å²) in [5.74, 6) is 0. The maximum absolute atomic E-state index is 9.90. The minimum absolute atomic E-state index is 0.334. The van der Waals surface area contributed by atoms with Gasteiger partial charge in [-0.1, -0.05) is 39.1 Å². The van der Waals surface area contributed by atoms with Crippen LogP contribution in [0.4, 0.5) is 5.69 Å². The summed E-state index contributed by atoms with van der Waals surface area (Å²) in [4.78, 5) is 0. The van der Waals surface area contributed by atoms with E-state index in [1.807, 2.05) is 6.07 Å². The van der Waals surface area contributed by atoms with E-state index in [-0.39, 0.29) is 0 Å². The van der Waals surface area contributed by atoms with Gasteiger partial charge in [-0.05, 0) is 18.2 Å². The Bertz CT molecular complexity index is 525. The highest BCUT2D eigenvalue weighted by atomic mass is 79.9. The molecule has 0 amide bonds. The van der Waals surface area contributed by atoms with Gasteiger partial charge in [0.25, 0.3) is 0 Å². The molecule has 1 unspecified atom stereocenters. The first-order chi connectivity index (χ1) is 9.06. The molecule has 2 rings (SSSR count). The molecular formula is C12H12BrCl2N3O. The molecule has 1 atom stereocenters. The number of benzene rings is 1. The summed E-state index contributed by atoms with van der Waals surface area (Å²) in [5, 5.41) is 18.0. The summed E-state index contributed by atoms with van der Waals surface area (Å²) >= 11 is 15.5. The summed E-state index contributed by atoms with van der Waals surface area (Å²) in [6, 6.07) is 5.30. The van der Waals surface area contributed by atoms with Crippen LogP contribution in [0.5, 0.6) is 0 Å². The van der Waals surface area contributed by atoms with Crippen molar-refractivity contribution in [2.24, 2.45) is 0 Å². The Balaban J connectivity index is 1.95. The fourth-order valence-electron chi connectivity index (χ4n) is 1.62. The molecule has 1 heterocycles. The van der Waals surface area contributed by atoms with E-state index in [0.29, 0.717) is 28.8 Å². The molecule has 102 valence electrons. The Morgan fingerprint density at radius 2 is 2.05 bits per heavy atom. The third kappa shape index (κ3) is 4.11. The first kappa shape index (κ1) is 14.7. The second-order valence-electron chi connectivity index (χ2n) is 4.01. The van der Waals surface area contributed by atoms with E-state index in [4.69, 9.17) is 23.2 Å². The van der Waals surface area contributed by atoms with Gasteiger partial charge in [0.15, 0.2) is 0 Å². The number of aromatic nitrogens is 2. The molecule has 0 saturated carbocycles. The van der Waals surface area contributed by atoms with Crippen LogP contribution in [-0.4, -0.2) is 27.5 Å². The van der Waals surface area contributed by atoms with E-state index in [0.717, 1.165) is 4.47 Å². The fourth-order valence-corrected chi connectivity index (χ4v) is 2.96. The third-order valence-corrected chi connectivity index (χ3v) is 3.53. The molecule has 0 radical (unpaired) electrons. The van der Waals surface area contributed by atoms with Gasteiger partial charge < -0.3 is 10.4 Å². The molecule has 7 heteroatoms. The van der Waals surface area contributed by atoms with Crippen LogP contribution in [0.25, 0.3) is 0 Å². The molecule has 0 aliphatic heterocycles. The van der Waals surface area contributed by atoms with Crippen LogP contribution >= 0.6 is 39.1 Å². The molecule has 1 aromatic heterocycles. The average molecular weight is 365 g/mol. The smallest absolute Gasteiger partial charge is 0.0907 e. The lowest BCUT2D eigenvalue weighted by molar-refractivity contribution is 0.161. The first-order valence-corrected chi connectivity index (χ1v) is 7.15. The maximum Gasteiger partial charge on any atom is 0.0907 e. The van der Waals surface area contributed by atoms with E-state index in [2.05, 4.69) is 26.3 Å². The maximum atomic E-state index is 9.90. The number of nitrogens with one attached hydrogen (secondary N) is 1. The zero-order valence-electron chi connectivity index (χ0n) is 9.85. The summed E-state index contributed by atoms with van der Waals surface area (Å²) in [6.45, 7) is 0.743. The van der Waals surface area contributed by atoms with Crippen molar-refractivity contribution >= 4 is 44.8 Å². The molecule has 0 aliphatic rings. The van der Waals surface area contributed by atoms with Crippen molar-refractivity contribution in [3.63, 3.8) is 0 Å². The Morgan fingerprint density at radius 3 is 2.63 bits per heavy atom. The summed E-state index contributed by atoms with van der Waals surface area (Å²) < 4.78 is 2.47. The lowest BCUT2D eigenvalue weighted by Gasteiger charge is -2.15. The molecule has 0 saturated heterocycles. The predicted molar refractivity (Wildman–Crippen MR) is 80.9 cm³/mol. The van der Waals surface area contributed by atoms with Crippen LogP contribution in [0.2, 0.25) is 10.0 Å². The largest absolute Gasteiger partial charge is 0.389 e. The SMILES string of the molecule is OC(CNc1c(Cl)cc(Br)cc1Cl)Cn1cccn1. The molecule has 1 aromatic carbocycles. The topological polar surface area (TPSA) is 50.1 Å². The predicted octanol–water partition coefficient (Wildman–Crippen LogP) is 3.43. The van der Waals surface area contributed by atoms with Gasteiger partial charge in [-0.25, -0.2) is 0 Å². The van der Waals surface area contributed by atoms with Crippen molar-refractivity contribution in [2.75, 3.05) is 11.9 Å². The molecule has 2 aromatic rings. The molecule has 0 fully saturated rings. The van der Waals surface area contributed by atoms with Crippen LogP contribution in [0, 0.1) is 0 Å². The normalized spacial score (nSPS) is 12.4. The number of aliphatic hydroxyl groups excluding tert-OH is 1. The van der Waals surface area contributed by atoms with Crippen molar-refractivity contribution in [3.05, 3.63) is 45.1 Å². The third-order valence-electron chi connectivity index (χ3n) is 2.48. The fraction of sp³-hybridized carbons (Fsp3) is 0.250. The molecular weight excluding hydrogens is 353 g/mol. The summed E-state index contributed by atoms with van der Waals surface area (Å²) in [6.07, 6.45) is 2.88. The van der Waals surface area contributed by atoms with Gasteiger partial charge in [-0.3, -0.25) is 4.68 Å². The highest BCUT2D eigenvalue weighted by Crippen LogP contribution is 2.33. The lowest BCUT2D eigenvalue weighted by atomic mass is 10.3. The highest BCUT2D eigenvalue weighted by Gasteiger charge is 2.10. The minimum Gasteiger partial charge on any atom is -0.389 e. The van der Waals surface area contributed by atoms with Crippen LogP contribution in [0.15, 0.2) is 35.1 Å². The Labute approximate surface area is 129 Å². The number of aliphatic hydroxyl groups is 1. The van der Waals surface area contributed by atoms with Crippen molar-refractivity contribution < 1.29 is 5.11 Å². The van der Waals surface area contributed by atoms with E-state index in [1.165, 1.54) is 0 Å². The van der Waals surface area contributed by atoms with Gasteiger partial charge in [0.2, 0.25) is 0 Å². The first-order valence-electron chi connectivity index (χ1n) is 5.60. The molecule has 0 aliphatic carbocycles. The van der Waals surface area contributed by atoms with Crippen molar-refractivity contribution in [1.82, 2.24) is 9.78 Å². The van der Waals surface area contributed by atoms with Crippen LogP contribution in [0.1, 0.15) is 0 Å². The molecule has 4 nitrogen and oxygen atoms in total. The van der Waals surface area contributed by atoms with Gasteiger partial charge in [-0.2, -0.15) is 5.10 Å². The van der Waals surface area contributed by atoms with Gasteiger partial charge in [-0.15, -0.1) is 0 Å². The van der Waals surface area contributed by atoms with Crippen molar-refractivity contribution in [2.45, 2.75) is 12.6 Å². The number of nitrogens with zero attached hydrogens (tertiary/aromatic N) is 2. The Kier molecular flexibility index (Phi) is 5.10. The van der Waals surface area contributed by atoms with Gasteiger partial charge >= 0.3 is 0 Å². The second kappa shape index (κ2) is 6.61. The van der Waals surface area contributed by atoms with E-state index >= 15 is 0 Å². The second-order valence-corrected chi connectivity index (χ2v) is 5.74. The minimum atomic E-state index is -0.587. The molecule has 0 bridgehead atoms. The standard InChI is InChI=1S/C12H12BrCl2N3O/c13-8-4-10(14)12(11(15)5-8)16-6-9(19)7-18-3-1-2-17-18/h1-5,9,16,19H,6-7H2. The van der Waals surface area contributed by atoms with E-state index in [1.54, 1.807) is 29.2 Å². The van der Waals surface area contributed by atoms with Gasteiger partial charge in [0.1, 0.15) is 0 Å². The monoisotopic (exact) mass is 363 g/mol. The number of anilines is 1. The highest BCUT2D eigenvalue weighted by molar-refractivity contribution is 9.10. The Morgan fingerprint density at radius 1 is 1.37 bits per heavy atom. The lowest BCUT2D eigenvalue weighted by Crippen LogP contribution is -2.25. The average Bonchev–Trinajstić information content (AvgIpc) is 2.80. The molecule has 19 heavy (non-hydrogen) atoms. The van der Waals surface area contributed by atoms with Gasteiger partial charge in [0.05, 0.1) is 28.4 Å². The van der Waals surface area contributed by atoms with E-state index < -0.39 is 6.10 Å². The zero-order chi connectivity index (χ0) is 13.8. The zero-order valence-corrected chi connectivity index (χ0v) is 13.0. The summed E-state index contributed by atoms with van der Waals surface area (Å²) in [7, 11) is 0. The molecule has 2 N–H and O–H groups in total. The van der Waals surface area contributed by atoms with Crippen molar-refractivity contribution in [3.8, 4) is 0 Å².